The van der Waals surface area contributed by atoms with E-state index in [9.17, 15) is 0 Å². The van der Waals surface area contributed by atoms with Gasteiger partial charge < -0.3 is 5.73 Å². The highest BCUT2D eigenvalue weighted by molar-refractivity contribution is 5.01. The summed E-state index contributed by atoms with van der Waals surface area (Å²) < 4.78 is 0. The Kier molecular flexibility index (Phi) is 3.94. The van der Waals surface area contributed by atoms with Crippen LogP contribution < -0.4 is 5.73 Å². The lowest BCUT2D eigenvalue weighted by Gasteiger charge is -2.08. The van der Waals surface area contributed by atoms with Crippen LogP contribution in [0.15, 0.2) is 18.6 Å². The first-order valence-electron chi connectivity index (χ1n) is 4.29. The van der Waals surface area contributed by atoms with Gasteiger partial charge in [-0.05, 0) is 12.8 Å². The molecule has 1 rings (SSSR count). The molecular weight excluding hydrogens is 162 g/mol. The minimum Gasteiger partial charge on any atom is -0.323 e. The summed E-state index contributed by atoms with van der Waals surface area (Å²) in [4.78, 5) is 8.07. The van der Waals surface area contributed by atoms with Gasteiger partial charge in [0.15, 0.2) is 0 Å². The number of rotatable bonds is 4. The van der Waals surface area contributed by atoms with Crippen LogP contribution in [0.3, 0.4) is 0 Å². The van der Waals surface area contributed by atoms with Crippen LogP contribution in [-0.4, -0.2) is 9.97 Å². The summed E-state index contributed by atoms with van der Waals surface area (Å²) in [6.45, 7) is 0. The highest BCUT2D eigenvalue weighted by Gasteiger charge is 2.05. The van der Waals surface area contributed by atoms with Gasteiger partial charge in [0.2, 0.25) is 0 Å². The number of nitrogens with zero attached hydrogens (tertiary/aromatic N) is 2. The van der Waals surface area contributed by atoms with Gasteiger partial charge in [0.1, 0.15) is 0 Å². The Hall–Kier alpha value is -1.40. The van der Waals surface area contributed by atoms with Crippen molar-refractivity contribution in [1.82, 2.24) is 9.97 Å². The average Bonchev–Trinajstić information content (AvgIpc) is 2.19. The molecule has 68 valence electrons. The van der Waals surface area contributed by atoms with Gasteiger partial charge in [0.25, 0.3) is 0 Å². The van der Waals surface area contributed by atoms with E-state index in [1.807, 2.05) is 0 Å². The third kappa shape index (κ3) is 3.22. The van der Waals surface area contributed by atoms with Gasteiger partial charge in [0.05, 0.1) is 5.69 Å². The first-order valence-corrected chi connectivity index (χ1v) is 4.29. The van der Waals surface area contributed by atoms with Gasteiger partial charge in [-0.2, -0.15) is 0 Å². The molecule has 0 aromatic carbocycles. The molecule has 1 atom stereocenters. The molecule has 1 heterocycles. The number of aromatic nitrogens is 2. The number of unbranched alkanes of at least 4 members (excludes halogenated alkanes) is 1. The minimum atomic E-state index is -0.0398. The standard InChI is InChI=1S/C10H13N3/c1-2-3-4-5-9(11)10-8-12-6-7-13-10/h1,6-9H,3-5,11H2. The van der Waals surface area contributed by atoms with E-state index in [2.05, 4.69) is 15.9 Å². The van der Waals surface area contributed by atoms with E-state index >= 15 is 0 Å². The fourth-order valence-corrected chi connectivity index (χ4v) is 1.07. The lowest BCUT2D eigenvalue weighted by molar-refractivity contribution is 0.603. The van der Waals surface area contributed by atoms with E-state index in [0.29, 0.717) is 0 Å². The lowest BCUT2D eigenvalue weighted by Crippen LogP contribution is -2.11. The molecule has 13 heavy (non-hydrogen) atoms. The first kappa shape index (κ1) is 9.69. The smallest absolute Gasteiger partial charge is 0.0753 e. The zero-order valence-corrected chi connectivity index (χ0v) is 7.48. The number of hydrogen-bond acceptors (Lipinski definition) is 3. The molecule has 0 saturated heterocycles. The Labute approximate surface area is 78.4 Å². The first-order chi connectivity index (χ1) is 6.34. The molecule has 0 saturated carbocycles. The van der Waals surface area contributed by atoms with Crippen molar-refractivity contribution in [2.75, 3.05) is 0 Å². The van der Waals surface area contributed by atoms with Crippen LogP contribution in [0.2, 0.25) is 0 Å². The molecule has 0 spiro atoms. The minimum absolute atomic E-state index is 0.0398. The van der Waals surface area contributed by atoms with E-state index in [1.54, 1.807) is 18.6 Å². The average molecular weight is 175 g/mol. The maximum absolute atomic E-state index is 5.86. The van der Waals surface area contributed by atoms with E-state index in [-0.39, 0.29) is 6.04 Å². The van der Waals surface area contributed by atoms with Crippen molar-refractivity contribution in [1.29, 1.82) is 0 Å². The molecule has 1 aromatic heterocycles. The molecule has 0 fully saturated rings. The summed E-state index contributed by atoms with van der Waals surface area (Å²) in [5, 5.41) is 0. The summed E-state index contributed by atoms with van der Waals surface area (Å²) in [6, 6.07) is -0.0398. The molecule has 0 amide bonds. The predicted molar refractivity (Wildman–Crippen MR) is 51.6 cm³/mol. The van der Waals surface area contributed by atoms with E-state index in [1.165, 1.54) is 0 Å². The normalized spacial score (nSPS) is 12.0. The monoisotopic (exact) mass is 175 g/mol. The van der Waals surface area contributed by atoms with E-state index in [0.717, 1.165) is 25.0 Å². The third-order valence-electron chi connectivity index (χ3n) is 1.80. The molecular formula is C10H13N3. The van der Waals surface area contributed by atoms with Crippen molar-refractivity contribution in [3.63, 3.8) is 0 Å². The molecule has 3 nitrogen and oxygen atoms in total. The van der Waals surface area contributed by atoms with Gasteiger partial charge in [-0.25, -0.2) is 0 Å². The summed E-state index contributed by atoms with van der Waals surface area (Å²) in [7, 11) is 0. The van der Waals surface area contributed by atoms with Gasteiger partial charge in [-0.1, -0.05) is 0 Å². The molecule has 0 aliphatic carbocycles. The Morgan fingerprint density at radius 3 is 3.00 bits per heavy atom. The van der Waals surface area contributed by atoms with Crippen LogP contribution in [0.4, 0.5) is 0 Å². The van der Waals surface area contributed by atoms with Gasteiger partial charge in [-0.15, -0.1) is 12.3 Å². The maximum Gasteiger partial charge on any atom is 0.0753 e. The number of nitrogens with two attached hydrogens (primary N) is 1. The van der Waals surface area contributed by atoms with Crippen molar-refractivity contribution in [3.05, 3.63) is 24.3 Å². The maximum atomic E-state index is 5.86. The Balaban J connectivity index is 2.41. The van der Waals surface area contributed by atoms with Crippen LogP contribution in [0.25, 0.3) is 0 Å². The van der Waals surface area contributed by atoms with E-state index in [4.69, 9.17) is 12.2 Å². The molecule has 3 heteroatoms. The molecule has 0 aliphatic heterocycles. The van der Waals surface area contributed by atoms with Crippen LogP contribution in [0.5, 0.6) is 0 Å². The third-order valence-corrected chi connectivity index (χ3v) is 1.80. The van der Waals surface area contributed by atoms with Gasteiger partial charge in [0, 0.05) is 31.1 Å². The highest BCUT2D eigenvalue weighted by atomic mass is 14.8. The fourth-order valence-electron chi connectivity index (χ4n) is 1.07. The van der Waals surface area contributed by atoms with Crippen molar-refractivity contribution in [2.45, 2.75) is 25.3 Å². The second-order valence-electron chi connectivity index (χ2n) is 2.83. The largest absolute Gasteiger partial charge is 0.323 e. The second-order valence-corrected chi connectivity index (χ2v) is 2.83. The number of hydrogen-bond donors (Lipinski definition) is 1. The SMILES string of the molecule is C#CCCCC(N)c1cnccn1. The van der Waals surface area contributed by atoms with Crippen molar-refractivity contribution in [2.24, 2.45) is 5.73 Å². The van der Waals surface area contributed by atoms with Gasteiger partial charge in [-0.3, -0.25) is 9.97 Å². The fraction of sp³-hybridized carbons (Fsp3) is 0.400. The molecule has 1 unspecified atom stereocenters. The summed E-state index contributed by atoms with van der Waals surface area (Å²) >= 11 is 0. The zero-order chi connectivity index (χ0) is 9.52. The Bertz CT molecular complexity index is 276. The second kappa shape index (κ2) is 5.28. The number of terminal acetylenes is 1. The quantitative estimate of drug-likeness (QED) is 0.554. The molecule has 0 radical (unpaired) electrons. The Morgan fingerprint density at radius 2 is 2.38 bits per heavy atom. The predicted octanol–water partition coefficient (Wildman–Crippen LogP) is 1.28. The Morgan fingerprint density at radius 1 is 1.54 bits per heavy atom. The van der Waals surface area contributed by atoms with Crippen molar-refractivity contribution >= 4 is 0 Å². The molecule has 1 aromatic rings. The van der Waals surface area contributed by atoms with Crippen LogP contribution >= 0.6 is 0 Å². The summed E-state index contributed by atoms with van der Waals surface area (Å²) in [6.07, 6.45) is 12.7. The molecule has 2 N–H and O–H groups in total. The topological polar surface area (TPSA) is 51.8 Å². The van der Waals surface area contributed by atoms with Crippen LogP contribution in [0, 0.1) is 12.3 Å². The van der Waals surface area contributed by atoms with Crippen molar-refractivity contribution < 1.29 is 0 Å². The van der Waals surface area contributed by atoms with Gasteiger partial charge >= 0.3 is 0 Å². The lowest BCUT2D eigenvalue weighted by atomic mass is 10.1. The zero-order valence-electron chi connectivity index (χ0n) is 7.48. The van der Waals surface area contributed by atoms with Crippen LogP contribution in [0.1, 0.15) is 31.0 Å². The highest BCUT2D eigenvalue weighted by Crippen LogP contribution is 2.12. The molecule has 0 bridgehead atoms. The summed E-state index contributed by atoms with van der Waals surface area (Å²) in [5.41, 5.74) is 6.70. The van der Waals surface area contributed by atoms with E-state index < -0.39 is 0 Å². The summed E-state index contributed by atoms with van der Waals surface area (Å²) in [5.74, 6) is 2.58. The van der Waals surface area contributed by atoms with Crippen molar-refractivity contribution in [3.8, 4) is 12.3 Å². The molecule has 0 aliphatic rings. The van der Waals surface area contributed by atoms with Crippen LogP contribution in [-0.2, 0) is 0 Å².